The van der Waals surface area contributed by atoms with Gasteiger partial charge in [-0.05, 0) is 18.1 Å². The molecule has 0 radical (unpaired) electrons. The Labute approximate surface area is 159 Å². The third kappa shape index (κ3) is 4.95. The highest BCUT2D eigenvalue weighted by Crippen LogP contribution is 2.28. The molecule has 1 aliphatic heterocycles. The van der Waals surface area contributed by atoms with E-state index < -0.39 is 6.04 Å². The van der Waals surface area contributed by atoms with Crippen LogP contribution < -0.4 is 5.73 Å². The van der Waals surface area contributed by atoms with Crippen molar-refractivity contribution in [1.82, 2.24) is 4.90 Å². The molecule has 1 aliphatic rings. The molecular formula is C19H22Cl2N2O2. The Bertz CT molecular complexity index is 697. The van der Waals surface area contributed by atoms with E-state index in [1.54, 1.807) is 4.90 Å². The molecule has 1 fully saturated rings. The maximum absolute atomic E-state index is 12.7. The van der Waals surface area contributed by atoms with Gasteiger partial charge in [-0.3, -0.25) is 4.79 Å². The monoisotopic (exact) mass is 380 g/mol. The summed E-state index contributed by atoms with van der Waals surface area (Å²) in [6.45, 7) is 1.52. The second kappa shape index (κ2) is 9.20. The van der Waals surface area contributed by atoms with Gasteiger partial charge in [-0.1, -0.05) is 60.1 Å². The molecule has 25 heavy (non-hydrogen) atoms. The number of amides is 1. The predicted molar refractivity (Wildman–Crippen MR) is 102 cm³/mol. The van der Waals surface area contributed by atoms with Crippen LogP contribution in [-0.2, 0) is 16.0 Å². The molecule has 1 heterocycles. The van der Waals surface area contributed by atoms with Crippen LogP contribution in [0.2, 0.25) is 5.02 Å². The number of hydrogen-bond acceptors (Lipinski definition) is 3. The number of carbonyl (C=O) groups excluding carboxylic acids is 1. The lowest BCUT2D eigenvalue weighted by Crippen LogP contribution is -2.50. The molecule has 0 aliphatic carbocycles. The van der Waals surface area contributed by atoms with E-state index in [0.29, 0.717) is 31.1 Å². The first-order valence-electron chi connectivity index (χ1n) is 8.09. The smallest absolute Gasteiger partial charge is 0.240 e. The Morgan fingerprint density at radius 2 is 1.88 bits per heavy atom. The molecule has 0 bridgehead atoms. The van der Waals surface area contributed by atoms with Gasteiger partial charge in [0.05, 0.1) is 19.2 Å². The van der Waals surface area contributed by atoms with E-state index in [-0.39, 0.29) is 24.4 Å². The van der Waals surface area contributed by atoms with Gasteiger partial charge >= 0.3 is 0 Å². The zero-order valence-corrected chi connectivity index (χ0v) is 15.4. The summed E-state index contributed by atoms with van der Waals surface area (Å²) in [7, 11) is 0. The van der Waals surface area contributed by atoms with Crippen molar-refractivity contribution in [1.29, 1.82) is 0 Å². The number of carbonyl (C=O) groups is 1. The highest BCUT2D eigenvalue weighted by molar-refractivity contribution is 6.31. The molecule has 2 N–H and O–H groups in total. The molecule has 2 atom stereocenters. The lowest BCUT2D eigenvalue weighted by atomic mass is 10.0. The summed E-state index contributed by atoms with van der Waals surface area (Å²) >= 11 is 6.25. The lowest BCUT2D eigenvalue weighted by Gasteiger charge is -2.35. The number of halogens is 2. The fraction of sp³-hybridized carbons (Fsp3) is 0.316. The molecule has 134 valence electrons. The van der Waals surface area contributed by atoms with Gasteiger partial charge in [0.15, 0.2) is 0 Å². The van der Waals surface area contributed by atoms with Crippen molar-refractivity contribution >= 4 is 29.9 Å². The predicted octanol–water partition coefficient (Wildman–Crippen LogP) is 3.23. The van der Waals surface area contributed by atoms with Crippen molar-refractivity contribution in [3.63, 3.8) is 0 Å². The van der Waals surface area contributed by atoms with E-state index in [9.17, 15) is 4.79 Å². The van der Waals surface area contributed by atoms with Crippen LogP contribution in [0.4, 0.5) is 0 Å². The molecule has 1 unspecified atom stereocenters. The van der Waals surface area contributed by atoms with Gasteiger partial charge in [0.2, 0.25) is 5.91 Å². The van der Waals surface area contributed by atoms with Gasteiger partial charge in [0.1, 0.15) is 6.10 Å². The zero-order chi connectivity index (χ0) is 16.9. The summed E-state index contributed by atoms with van der Waals surface area (Å²) in [5, 5.41) is 0.658. The lowest BCUT2D eigenvalue weighted by molar-refractivity contribution is -0.140. The van der Waals surface area contributed by atoms with E-state index in [1.165, 1.54) is 0 Å². The summed E-state index contributed by atoms with van der Waals surface area (Å²) in [6.07, 6.45) is 0.327. The summed E-state index contributed by atoms with van der Waals surface area (Å²) in [6, 6.07) is 16.9. The maximum atomic E-state index is 12.7. The van der Waals surface area contributed by atoms with E-state index in [2.05, 4.69) is 0 Å². The van der Waals surface area contributed by atoms with Crippen LogP contribution in [-0.4, -0.2) is 36.5 Å². The van der Waals surface area contributed by atoms with Crippen molar-refractivity contribution in [3.05, 3.63) is 70.7 Å². The number of nitrogens with zero attached hydrogens (tertiary/aromatic N) is 1. The molecule has 6 heteroatoms. The molecule has 0 saturated carbocycles. The maximum Gasteiger partial charge on any atom is 0.240 e. The van der Waals surface area contributed by atoms with Crippen molar-refractivity contribution in [3.8, 4) is 0 Å². The third-order valence-electron chi connectivity index (χ3n) is 4.25. The van der Waals surface area contributed by atoms with E-state index >= 15 is 0 Å². The Morgan fingerprint density at radius 1 is 1.20 bits per heavy atom. The minimum Gasteiger partial charge on any atom is -0.370 e. The van der Waals surface area contributed by atoms with Crippen LogP contribution in [0.15, 0.2) is 54.6 Å². The van der Waals surface area contributed by atoms with Crippen molar-refractivity contribution in [2.45, 2.75) is 18.6 Å². The summed E-state index contributed by atoms with van der Waals surface area (Å²) < 4.78 is 5.80. The van der Waals surface area contributed by atoms with E-state index in [4.69, 9.17) is 22.1 Å². The fourth-order valence-corrected chi connectivity index (χ4v) is 3.22. The van der Waals surface area contributed by atoms with Gasteiger partial charge in [-0.15, -0.1) is 12.4 Å². The van der Waals surface area contributed by atoms with Crippen molar-refractivity contribution in [2.75, 3.05) is 19.7 Å². The van der Waals surface area contributed by atoms with Gasteiger partial charge in [-0.2, -0.15) is 0 Å². The quantitative estimate of drug-likeness (QED) is 0.885. The zero-order valence-electron chi connectivity index (χ0n) is 13.8. The average molecular weight is 381 g/mol. The molecule has 2 aromatic rings. The number of benzene rings is 2. The van der Waals surface area contributed by atoms with Gasteiger partial charge in [-0.25, -0.2) is 0 Å². The molecular weight excluding hydrogens is 359 g/mol. The SMILES string of the molecule is Cl.N[C@@H](Cc1ccccc1)C(=O)N1CCOC(c2ccccc2Cl)C1. The molecule has 0 spiro atoms. The molecule has 1 saturated heterocycles. The van der Waals surface area contributed by atoms with Gasteiger partial charge in [0, 0.05) is 17.1 Å². The summed E-state index contributed by atoms with van der Waals surface area (Å²) in [5.74, 6) is -0.0424. The topological polar surface area (TPSA) is 55.6 Å². The first-order chi connectivity index (χ1) is 11.6. The fourth-order valence-electron chi connectivity index (χ4n) is 2.96. The van der Waals surface area contributed by atoms with Crippen LogP contribution in [0.25, 0.3) is 0 Å². The van der Waals surface area contributed by atoms with E-state index in [0.717, 1.165) is 11.1 Å². The van der Waals surface area contributed by atoms with Crippen LogP contribution >= 0.6 is 24.0 Å². The molecule has 2 aromatic carbocycles. The third-order valence-corrected chi connectivity index (χ3v) is 4.59. The van der Waals surface area contributed by atoms with Gasteiger partial charge in [0.25, 0.3) is 0 Å². The first-order valence-corrected chi connectivity index (χ1v) is 8.47. The molecule has 3 rings (SSSR count). The Kier molecular flexibility index (Phi) is 7.26. The minimum atomic E-state index is -0.544. The van der Waals surface area contributed by atoms with Crippen LogP contribution in [0, 0.1) is 0 Å². The number of ether oxygens (including phenoxy) is 1. The average Bonchev–Trinajstić information content (AvgIpc) is 2.62. The van der Waals surface area contributed by atoms with Crippen molar-refractivity contribution in [2.24, 2.45) is 5.73 Å². The molecule has 4 nitrogen and oxygen atoms in total. The Morgan fingerprint density at radius 3 is 2.60 bits per heavy atom. The van der Waals surface area contributed by atoms with Crippen LogP contribution in [0.3, 0.4) is 0 Å². The first kappa shape index (κ1) is 19.7. The second-order valence-electron chi connectivity index (χ2n) is 5.96. The van der Waals surface area contributed by atoms with Gasteiger partial charge < -0.3 is 15.4 Å². The molecule has 1 amide bonds. The number of rotatable bonds is 4. The second-order valence-corrected chi connectivity index (χ2v) is 6.37. The van der Waals surface area contributed by atoms with Crippen molar-refractivity contribution < 1.29 is 9.53 Å². The highest BCUT2D eigenvalue weighted by atomic mass is 35.5. The van der Waals surface area contributed by atoms with E-state index in [1.807, 2.05) is 54.6 Å². The standard InChI is InChI=1S/C19H21ClN2O2.ClH/c20-16-9-5-4-8-15(16)18-13-22(10-11-24-18)19(23)17(21)12-14-6-2-1-3-7-14;/h1-9,17-18H,10-13,21H2;1H/t17-,18?;/m0./s1. The summed E-state index contributed by atoms with van der Waals surface area (Å²) in [4.78, 5) is 14.5. The Balaban J connectivity index is 0.00000225. The van der Waals surface area contributed by atoms with Crippen LogP contribution in [0.1, 0.15) is 17.2 Å². The number of morpholine rings is 1. The largest absolute Gasteiger partial charge is 0.370 e. The highest BCUT2D eigenvalue weighted by Gasteiger charge is 2.29. The minimum absolute atomic E-state index is 0. The van der Waals surface area contributed by atoms with Crippen LogP contribution in [0.5, 0.6) is 0 Å². The Hall–Kier alpha value is -1.59. The number of nitrogens with two attached hydrogens (primary N) is 1. The molecule has 0 aromatic heterocycles. The normalized spacial score (nSPS) is 18.3. The summed E-state index contributed by atoms with van der Waals surface area (Å²) in [5.41, 5.74) is 8.11. The number of hydrogen-bond donors (Lipinski definition) is 1.